The zero-order valence-corrected chi connectivity index (χ0v) is 24.2. The van der Waals surface area contributed by atoms with Crippen LogP contribution in [-0.2, 0) is 9.53 Å². The maximum absolute atomic E-state index is 12.4. The van der Waals surface area contributed by atoms with E-state index in [0.717, 1.165) is 51.4 Å². The van der Waals surface area contributed by atoms with E-state index in [1.807, 2.05) is 6.92 Å². The Morgan fingerprint density at radius 1 is 0.800 bits per heavy atom. The molecular weight excluding hydrogens is 502 g/mol. The van der Waals surface area contributed by atoms with Crippen LogP contribution in [0.3, 0.4) is 0 Å². The summed E-state index contributed by atoms with van der Waals surface area (Å²) in [6.07, 6.45) is 29.9. The van der Waals surface area contributed by atoms with Crippen molar-refractivity contribution < 1.29 is 14.3 Å². The standard InChI is InChI=1S/C33H47N3O4/c1-3-5-6-7-8-9-10-11-12-13-14-15-16-17-18-19-20-23-28-40-31(4-2)33(38)35-27-26-34-32(37)29-24-21-22-25-30(29)36-39/h5-6,8-9,11-12,14-15,17-18,21-22,24-25,31H,3-4,7,10,13,16,19-20,23,26-28H2,1-2H3,(H,34,37)(H,35,38)/b6-5-,9-8-,12-11-,15-14-,18-17-/t31-/m1/s1. The number of nitrogens with one attached hydrogen (secondary N) is 2. The second-order valence-corrected chi connectivity index (χ2v) is 9.13. The summed E-state index contributed by atoms with van der Waals surface area (Å²) in [6.45, 7) is 5.09. The minimum absolute atomic E-state index is 0.0878. The summed E-state index contributed by atoms with van der Waals surface area (Å²) in [6, 6.07) is 6.32. The van der Waals surface area contributed by atoms with Crippen LogP contribution in [0.1, 0.15) is 82.0 Å². The summed E-state index contributed by atoms with van der Waals surface area (Å²) in [5, 5.41) is 8.33. The van der Waals surface area contributed by atoms with Gasteiger partial charge in [0, 0.05) is 19.7 Å². The molecule has 7 heteroatoms. The Hall–Kier alpha value is -3.58. The van der Waals surface area contributed by atoms with E-state index in [2.05, 4.69) is 83.5 Å². The van der Waals surface area contributed by atoms with Crippen molar-refractivity contribution in [1.82, 2.24) is 10.6 Å². The lowest BCUT2D eigenvalue weighted by Crippen LogP contribution is -2.40. The van der Waals surface area contributed by atoms with Gasteiger partial charge in [-0.1, -0.05) is 86.7 Å². The van der Waals surface area contributed by atoms with Gasteiger partial charge in [0.2, 0.25) is 5.91 Å². The van der Waals surface area contributed by atoms with Gasteiger partial charge >= 0.3 is 0 Å². The van der Waals surface area contributed by atoms with E-state index in [0.29, 0.717) is 13.0 Å². The Morgan fingerprint density at radius 3 is 1.98 bits per heavy atom. The third-order valence-electron chi connectivity index (χ3n) is 5.86. The molecule has 1 aromatic rings. The first-order chi connectivity index (χ1) is 19.6. The summed E-state index contributed by atoms with van der Waals surface area (Å²) in [7, 11) is 0. The van der Waals surface area contributed by atoms with Crippen LogP contribution in [0.25, 0.3) is 0 Å². The third kappa shape index (κ3) is 17.1. The molecule has 2 N–H and O–H groups in total. The smallest absolute Gasteiger partial charge is 0.253 e. The van der Waals surface area contributed by atoms with E-state index in [1.165, 1.54) is 12.1 Å². The maximum atomic E-state index is 12.4. The average Bonchev–Trinajstić information content (AvgIpc) is 2.98. The van der Waals surface area contributed by atoms with Crippen LogP contribution in [0.5, 0.6) is 0 Å². The number of amides is 2. The number of rotatable bonds is 22. The summed E-state index contributed by atoms with van der Waals surface area (Å²) >= 11 is 0. The van der Waals surface area contributed by atoms with Gasteiger partial charge in [-0.25, -0.2) is 0 Å². The Kier molecular flexibility index (Phi) is 21.1. The van der Waals surface area contributed by atoms with Crippen LogP contribution in [0.15, 0.2) is 90.2 Å². The third-order valence-corrected chi connectivity index (χ3v) is 5.86. The summed E-state index contributed by atoms with van der Waals surface area (Å²) < 4.78 is 5.76. The SMILES string of the molecule is CC/C=C\C/C=C\C/C=C\C/C=C\C/C=C\CCCCO[C@H](CC)C(=O)NCCNC(=O)c1ccccc1N=O. The first kappa shape index (κ1) is 34.4. The number of hydrogen-bond acceptors (Lipinski definition) is 5. The van der Waals surface area contributed by atoms with Gasteiger partial charge in [-0.3, -0.25) is 9.59 Å². The number of carbonyl (C=O) groups excluding carboxylic acids is 2. The number of nitroso groups, excluding NO2 is 1. The van der Waals surface area contributed by atoms with Crippen molar-refractivity contribution in [3.05, 3.63) is 95.5 Å². The molecule has 0 aliphatic carbocycles. The van der Waals surface area contributed by atoms with Gasteiger partial charge in [0.05, 0.1) is 5.56 Å². The van der Waals surface area contributed by atoms with E-state index < -0.39 is 12.0 Å². The van der Waals surface area contributed by atoms with Crippen molar-refractivity contribution in [3.8, 4) is 0 Å². The van der Waals surface area contributed by atoms with Crippen molar-refractivity contribution in [2.75, 3.05) is 19.7 Å². The lowest BCUT2D eigenvalue weighted by atomic mass is 10.1. The first-order valence-corrected chi connectivity index (χ1v) is 14.5. The van der Waals surface area contributed by atoms with Gasteiger partial charge in [0.25, 0.3) is 5.91 Å². The molecule has 0 fully saturated rings. The molecule has 0 bridgehead atoms. The topological polar surface area (TPSA) is 96.9 Å². The van der Waals surface area contributed by atoms with Crippen molar-refractivity contribution in [3.63, 3.8) is 0 Å². The monoisotopic (exact) mass is 549 g/mol. The van der Waals surface area contributed by atoms with Crippen LogP contribution in [0, 0.1) is 4.91 Å². The van der Waals surface area contributed by atoms with E-state index in [4.69, 9.17) is 4.74 Å². The Labute approximate surface area is 240 Å². The van der Waals surface area contributed by atoms with Gasteiger partial charge in [-0.05, 0) is 75.1 Å². The molecule has 0 radical (unpaired) electrons. The predicted molar refractivity (Wildman–Crippen MR) is 166 cm³/mol. The van der Waals surface area contributed by atoms with E-state index >= 15 is 0 Å². The molecule has 0 aliphatic heterocycles. The van der Waals surface area contributed by atoms with Gasteiger partial charge in [-0.15, -0.1) is 4.91 Å². The fourth-order valence-corrected chi connectivity index (χ4v) is 3.65. The van der Waals surface area contributed by atoms with Gasteiger partial charge < -0.3 is 15.4 Å². The highest BCUT2D eigenvalue weighted by Crippen LogP contribution is 2.17. The van der Waals surface area contributed by atoms with Crippen LogP contribution in [-0.4, -0.2) is 37.6 Å². The highest BCUT2D eigenvalue weighted by atomic mass is 16.5. The molecule has 2 amide bonds. The van der Waals surface area contributed by atoms with Gasteiger partial charge in [-0.2, -0.15) is 0 Å². The summed E-state index contributed by atoms with van der Waals surface area (Å²) in [5.41, 5.74) is 0.299. The fourth-order valence-electron chi connectivity index (χ4n) is 3.65. The van der Waals surface area contributed by atoms with Crippen LogP contribution >= 0.6 is 0 Å². The van der Waals surface area contributed by atoms with Crippen molar-refractivity contribution in [1.29, 1.82) is 0 Å². The van der Waals surface area contributed by atoms with Crippen LogP contribution in [0.2, 0.25) is 0 Å². The number of nitrogens with zero attached hydrogens (tertiary/aromatic N) is 1. The fraction of sp³-hybridized carbons (Fsp3) is 0.455. The van der Waals surface area contributed by atoms with Gasteiger partial charge in [0.15, 0.2) is 0 Å². The van der Waals surface area contributed by atoms with Crippen molar-refractivity contribution in [2.24, 2.45) is 5.18 Å². The van der Waals surface area contributed by atoms with E-state index in [1.54, 1.807) is 12.1 Å². The molecular formula is C33H47N3O4. The second-order valence-electron chi connectivity index (χ2n) is 9.13. The molecule has 0 heterocycles. The molecule has 1 rings (SSSR count). The molecule has 1 atom stereocenters. The minimum Gasteiger partial charge on any atom is -0.368 e. The summed E-state index contributed by atoms with van der Waals surface area (Å²) in [5.74, 6) is -0.593. The second kappa shape index (κ2) is 24.5. The molecule has 0 aromatic heterocycles. The summed E-state index contributed by atoms with van der Waals surface area (Å²) in [4.78, 5) is 35.4. The quantitative estimate of drug-likeness (QED) is 0.0882. The van der Waals surface area contributed by atoms with E-state index in [-0.39, 0.29) is 30.2 Å². The Bertz CT molecular complexity index is 995. The highest BCUT2D eigenvalue weighted by molar-refractivity contribution is 5.98. The average molecular weight is 550 g/mol. The first-order valence-electron chi connectivity index (χ1n) is 14.5. The number of hydrogen-bond donors (Lipinski definition) is 2. The number of carbonyl (C=O) groups is 2. The lowest BCUT2D eigenvalue weighted by molar-refractivity contribution is -0.133. The van der Waals surface area contributed by atoms with Crippen molar-refractivity contribution >= 4 is 17.5 Å². The number of unbranched alkanes of at least 4 members (excludes halogenated alkanes) is 2. The minimum atomic E-state index is -0.510. The van der Waals surface area contributed by atoms with Gasteiger partial charge in [0.1, 0.15) is 11.8 Å². The Morgan fingerprint density at radius 2 is 1.38 bits per heavy atom. The number of allylic oxidation sites excluding steroid dienone is 10. The molecule has 1 aromatic carbocycles. The van der Waals surface area contributed by atoms with E-state index in [9.17, 15) is 14.5 Å². The molecule has 0 saturated heterocycles. The lowest BCUT2D eigenvalue weighted by Gasteiger charge is -2.16. The number of benzene rings is 1. The zero-order valence-electron chi connectivity index (χ0n) is 24.2. The zero-order chi connectivity index (χ0) is 29.1. The molecule has 0 saturated carbocycles. The van der Waals surface area contributed by atoms with Crippen LogP contribution < -0.4 is 10.6 Å². The largest absolute Gasteiger partial charge is 0.368 e. The number of ether oxygens (including phenoxy) is 1. The molecule has 0 aliphatic rings. The molecule has 40 heavy (non-hydrogen) atoms. The normalized spacial score (nSPS) is 12.8. The maximum Gasteiger partial charge on any atom is 0.253 e. The molecule has 218 valence electrons. The molecule has 7 nitrogen and oxygen atoms in total. The molecule has 0 unspecified atom stereocenters. The highest BCUT2D eigenvalue weighted by Gasteiger charge is 2.16. The molecule has 0 spiro atoms. The predicted octanol–water partition coefficient (Wildman–Crippen LogP) is 7.65. The van der Waals surface area contributed by atoms with Crippen LogP contribution in [0.4, 0.5) is 5.69 Å². The Balaban J connectivity index is 2.07. The van der Waals surface area contributed by atoms with Crippen molar-refractivity contribution in [2.45, 2.75) is 77.7 Å².